The lowest BCUT2D eigenvalue weighted by atomic mass is 10.1. The van der Waals surface area contributed by atoms with Gasteiger partial charge < -0.3 is 14.5 Å². The molecular weight excluding hydrogens is 495 g/mol. The Kier molecular flexibility index (Phi) is 8.65. The van der Waals surface area contributed by atoms with Crippen molar-refractivity contribution >= 4 is 17.7 Å². The van der Waals surface area contributed by atoms with E-state index in [-0.39, 0.29) is 23.9 Å². The summed E-state index contributed by atoms with van der Waals surface area (Å²) in [6.07, 6.45) is 1.28. The van der Waals surface area contributed by atoms with Gasteiger partial charge in [-0.15, -0.1) is 0 Å². The van der Waals surface area contributed by atoms with Gasteiger partial charge in [0.15, 0.2) is 0 Å². The zero-order chi connectivity index (χ0) is 28.2. The third-order valence-corrected chi connectivity index (χ3v) is 6.69. The molecule has 1 aromatic heterocycles. The number of pyridine rings is 1. The van der Waals surface area contributed by atoms with Crippen LogP contribution >= 0.6 is 0 Å². The molecule has 0 saturated carbocycles. The molecule has 1 saturated heterocycles. The SMILES string of the molecule is CCN(C(=O)c1ccc(-c2cccc(F)c2)nc1)c1ccc(CN2CCN(C(=O)OC(C)(C)C)[C@@H](C)C2)cc1. The Morgan fingerprint density at radius 3 is 2.41 bits per heavy atom. The number of carbonyl (C=O) groups excluding carboxylic acids is 2. The van der Waals surface area contributed by atoms with Gasteiger partial charge in [-0.1, -0.05) is 24.3 Å². The summed E-state index contributed by atoms with van der Waals surface area (Å²) in [5.41, 5.74) is 3.19. The van der Waals surface area contributed by atoms with E-state index in [1.807, 2.05) is 58.9 Å². The number of amides is 2. The summed E-state index contributed by atoms with van der Waals surface area (Å²) in [7, 11) is 0. The van der Waals surface area contributed by atoms with Gasteiger partial charge in [0.05, 0.1) is 11.3 Å². The molecule has 0 N–H and O–H groups in total. The molecule has 1 aliphatic heterocycles. The fraction of sp³-hybridized carbons (Fsp3) is 0.387. The van der Waals surface area contributed by atoms with Crippen LogP contribution in [0.2, 0.25) is 0 Å². The Labute approximate surface area is 230 Å². The molecule has 2 heterocycles. The number of benzene rings is 2. The minimum atomic E-state index is -0.508. The molecule has 0 unspecified atom stereocenters. The smallest absolute Gasteiger partial charge is 0.410 e. The van der Waals surface area contributed by atoms with Crippen molar-refractivity contribution in [2.75, 3.05) is 31.1 Å². The lowest BCUT2D eigenvalue weighted by Gasteiger charge is -2.40. The Hall–Kier alpha value is -3.78. The van der Waals surface area contributed by atoms with E-state index in [1.54, 1.807) is 34.1 Å². The van der Waals surface area contributed by atoms with E-state index in [0.717, 1.165) is 30.9 Å². The van der Waals surface area contributed by atoms with Crippen LogP contribution in [0.15, 0.2) is 66.9 Å². The predicted octanol–water partition coefficient (Wildman–Crippen LogP) is 6.00. The highest BCUT2D eigenvalue weighted by atomic mass is 19.1. The summed E-state index contributed by atoms with van der Waals surface area (Å²) in [5, 5.41) is 0. The standard InChI is InChI=1S/C31H37FN4O3/c1-6-35(29(37)25-12-15-28(33-19-25)24-8-7-9-26(32)18-24)27-13-10-23(11-14-27)21-34-16-17-36(22(2)20-34)30(38)39-31(3,4)5/h7-15,18-19,22H,6,16-17,20-21H2,1-5H3/t22-/m0/s1. The van der Waals surface area contributed by atoms with Crippen molar-refractivity contribution in [2.45, 2.75) is 52.8 Å². The maximum absolute atomic E-state index is 13.6. The first-order chi connectivity index (χ1) is 18.5. The molecule has 1 aliphatic rings. The molecule has 1 fully saturated rings. The van der Waals surface area contributed by atoms with Crippen LogP contribution in [0.5, 0.6) is 0 Å². The van der Waals surface area contributed by atoms with Gasteiger partial charge in [0.2, 0.25) is 0 Å². The quantitative estimate of drug-likeness (QED) is 0.390. The van der Waals surface area contributed by atoms with Crippen LogP contribution in [-0.2, 0) is 11.3 Å². The van der Waals surface area contributed by atoms with E-state index >= 15 is 0 Å². The van der Waals surface area contributed by atoms with Crippen molar-refractivity contribution in [3.8, 4) is 11.3 Å². The number of hydrogen-bond donors (Lipinski definition) is 0. The first-order valence-corrected chi connectivity index (χ1v) is 13.4. The lowest BCUT2D eigenvalue weighted by molar-refractivity contribution is 0.000550. The van der Waals surface area contributed by atoms with Crippen molar-refractivity contribution in [3.05, 3.63) is 83.8 Å². The second kappa shape index (κ2) is 11.9. The number of aromatic nitrogens is 1. The number of nitrogens with zero attached hydrogens (tertiary/aromatic N) is 4. The van der Waals surface area contributed by atoms with Gasteiger partial charge in [0.25, 0.3) is 5.91 Å². The number of hydrogen-bond acceptors (Lipinski definition) is 5. The molecule has 2 amide bonds. The number of carbonyl (C=O) groups is 2. The normalized spacial score (nSPS) is 16.2. The van der Waals surface area contributed by atoms with Crippen LogP contribution < -0.4 is 4.90 Å². The van der Waals surface area contributed by atoms with Crippen LogP contribution in [0.4, 0.5) is 14.9 Å². The van der Waals surface area contributed by atoms with Crippen LogP contribution in [0.3, 0.4) is 0 Å². The van der Waals surface area contributed by atoms with Crippen LogP contribution in [0.25, 0.3) is 11.3 Å². The van der Waals surface area contributed by atoms with Gasteiger partial charge >= 0.3 is 6.09 Å². The van der Waals surface area contributed by atoms with Crippen molar-refractivity contribution in [2.24, 2.45) is 0 Å². The van der Waals surface area contributed by atoms with E-state index in [2.05, 4.69) is 9.88 Å². The number of rotatable bonds is 6. The largest absolute Gasteiger partial charge is 0.444 e. The summed E-state index contributed by atoms with van der Waals surface area (Å²) in [6, 6.07) is 17.8. The lowest BCUT2D eigenvalue weighted by Crippen LogP contribution is -2.54. The van der Waals surface area contributed by atoms with Crippen molar-refractivity contribution in [1.82, 2.24) is 14.8 Å². The number of piperazine rings is 1. The minimum Gasteiger partial charge on any atom is -0.444 e. The molecule has 1 atom stereocenters. The Balaban J connectivity index is 1.37. The fourth-order valence-electron chi connectivity index (χ4n) is 4.75. The highest BCUT2D eigenvalue weighted by molar-refractivity contribution is 6.06. The summed E-state index contributed by atoms with van der Waals surface area (Å²) >= 11 is 0. The molecule has 39 heavy (non-hydrogen) atoms. The van der Waals surface area contributed by atoms with Crippen molar-refractivity contribution in [1.29, 1.82) is 0 Å². The zero-order valence-electron chi connectivity index (χ0n) is 23.4. The van der Waals surface area contributed by atoms with E-state index in [9.17, 15) is 14.0 Å². The average molecular weight is 533 g/mol. The molecule has 0 bridgehead atoms. The Morgan fingerprint density at radius 2 is 1.82 bits per heavy atom. The molecule has 4 rings (SSSR count). The summed E-state index contributed by atoms with van der Waals surface area (Å²) < 4.78 is 19.1. The molecule has 0 radical (unpaired) electrons. The van der Waals surface area contributed by atoms with E-state index in [4.69, 9.17) is 4.74 Å². The van der Waals surface area contributed by atoms with Gasteiger partial charge in [-0.2, -0.15) is 0 Å². The van der Waals surface area contributed by atoms with Gasteiger partial charge in [0.1, 0.15) is 11.4 Å². The maximum atomic E-state index is 13.6. The second-order valence-corrected chi connectivity index (χ2v) is 10.9. The topological polar surface area (TPSA) is 66.0 Å². The number of halogens is 1. The van der Waals surface area contributed by atoms with Gasteiger partial charge in [-0.25, -0.2) is 9.18 Å². The highest BCUT2D eigenvalue weighted by Gasteiger charge is 2.30. The first kappa shape index (κ1) is 28.2. The summed E-state index contributed by atoms with van der Waals surface area (Å²) in [5.74, 6) is -0.469. The van der Waals surface area contributed by atoms with E-state index in [0.29, 0.717) is 29.9 Å². The Morgan fingerprint density at radius 1 is 1.08 bits per heavy atom. The first-order valence-electron chi connectivity index (χ1n) is 13.4. The summed E-state index contributed by atoms with van der Waals surface area (Å²) in [6.45, 7) is 13.0. The average Bonchev–Trinajstić information content (AvgIpc) is 2.89. The van der Waals surface area contributed by atoms with Crippen LogP contribution in [0.1, 0.15) is 50.5 Å². The van der Waals surface area contributed by atoms with E-state index < -0.39 is 5.60 Å². The molecule has 2 aromatic carbocycles. The maximum Gasteiger partial charge on any atom is 0.410 e. The second-order valence-electron chi connectivity index (χ2n) is 10.9. The zero-order valence-corrected chi connectivity index (χ0v) is 23.4. The fourth-order valence-corrected chi connectivity index (χ4v) is 4.75. The molecule has 206 valence electrons. The molecule has 7 nitrogen and oxygen atoms in total. The predicted molar refractivity (Wildman–Crippen MR) is 151 cm³/mol. The van der Waals surface area contributed by atoms with Crippen molar-refractivity contribution in [3.63, 3.8) is 0 Å². The monoisotopic (exact) mass is 532 g/mol. The third kappa shape index (κ3) is 7.20. The van der Waals surface area contributed by atoms with Crippen LogP contribution in [-0.4, -0.2) is 64.6 Å². The molecule has 0 aliphatic carbocycles. The molecule has 8 heteroatoms. The molecular formula is C31H37FN4O3. The van der Waals surface area contributed by atoms with Crippen molar-refractivity contribution < 1.29 is 18.7 Å². The van der Waals surface area contributed by atoms with Gasteiger partial charge in [-0.05, 0) is 76.6 Å². The van der Waals surface area contributed by atoms with E-state index in [1.165, 1.54) is 18.3 Å². The minimum absolute atomic E-state index is 0.0574. The Bertz CT molecular complexity index is 1290. The third-order valence-electron chi connectivity index (χ3n) is 6.69. The number of ether oxygens (including phenoxy) is 1. The number of anilines is 1. The highest BCUT2D eigenvalue weighted by Crippen LogP contribution is 2.23. The molecule has 0 spiro atoms. The van der Waals surface area contributed by atoms with Crippen LogP contribution in [0, 0.1) is 5.82 Å². The summed E-state index contributed by atoms with van der Waals surface area (Å²) in [4.78, 5) is 36.0. The molecule has 3 aromatic rings. The van der Waals surface area contributed by atoms with Gasteiger partial charge in [-0.3, -0.25) is 14.7 Å². The van der Waals surface area contributed by atoms with Gasteiger partial charge in [0, 0.05) is 56.2 Å².